The molecule has 1 N–H and O–H groups in total. The molecule has 0 fully saturated rings. The number of nitrogens with one attached hydrogen (secondary N) is 1. The van der Waals surface area contributed by atoms with Crippen LogP contribution in [0.2, 0.25) is 0 Å². The van der Waals surface area contributed by atoms with Crippen LogP contribution in [0.25, 0.3) is 0 Å². The molecule has 1 amide bonds. The predicted molar refractivity (Wildman–Crippen MR) is 91.5 cm³/mol. The van der Waals surface area contributed by atoms with Crippen LogP contribution in [-0.2, 0) is 11.2 Å². The molecule has 0 aliphatic carbocycles. The van der Waals surface area contributed by atoms with Crippen molar-refractivity contribution >= 4 is 11.6 Å². The molecule has 0 atom stereocenters. The molecule has 2 heterocycles. The van der Waals surface area contributed by atoms with E-state index < -0.39 is 0 Å². The normalized spacial score (nSPS) is 16.1. The van der Waals surface area contributed by atoms with E-state index in [1.54, 1.807) is 18.2 Å². The van der Waals surface area contributed by atoms with Crippen molar-refractivity contribution in [2.24, 2.45) is 0 Å². The molecule has 6 nitrogen and oxygen atoms in total. The van der Waals surface area contributed by atoms with E-state index in [2.05, 4.69) is 5.32 Å². The first kappa shape index (κ1) is 15.6. The van der Waals surface area contributed by atoms with E-state index in [-0.39, 0.29) is 24.9 Å². The lowest BCUT2D eigenvalue weighted by Gasteiger charge is -2.18. The number of hydrogen-bond donors (Lipinski definition) is 1. The van der Waals surface area contributed by atoms with E-state index in [4.69, 9.17) is 18.9 Å². The molecule has 2 aliphatic rings. The maximum atomic E-state index is 12.2. The average molecular weight is 341 g/mol. The Morgan fingerprint density at radius 3 is 2.92 bits per heavy atom. The van der Waals surface area contributed by atoms with Gasteiger partial charge in [-0.05, 0) is 32.0 Å². The molecule has 0 saturated heterocycles. The lowest BCUT2D eigenvalue weighted by Crippen LogP contribution is -2.25. The van der Waals surface area contributed by atoms with Crippen LogP contribution in [0.3, 0.4) is 0 Å². The summed E-state index contributed by atoms with van der Waals surface area (Å²) in [6.07, 6.45) is 0.822. The zero-order valence-electron chi connectivity index (χ0n) is 14.1. The maximum absolute atomic E-state index is 12.2. The second-order valence-corrected chi connectivity index (χ2v) is 6.69. The summed E-state index contributed by atoms with van der Waals surface area (Å²) in [5, 5.41) is 2.79. The lowest BCUT2D eigenvalue weighted by molar-refractivity contribution is -0.118. The fourth-order valence-corrected chi connectivity index (χ4v) is 3.02. The van der Waals surface area contributed by atoms with E-state index in [0.29, 0.717) is 22.9 Å². The number of amides is 1. The number of fused-ring (bicyclic) bond motifs is 2. The largest absolute Gasteiger partial charge is 0.483 e. The van der Waals surface area contributed by atoms with Gasteiger partial charge in [0.05, 0.1) is 0 Å². The monoisotopic (exact) mass is 341 g/mol. The van der Waals surface area contributed by atoms with Crippen molar-refractivity contribution in [2.45, 2.75) is 25.9 Å². The third-order valence-corrected chi connectivity index (χ3v) is 4.07. The van der Waals surface area contributed by atoms with E-state index in [0.717, 1.165) is 17.7 Å². The Morgan fingerprint density at radius 2 is 2.04 bits per heavy atom. The summed E-state index contributed by atoms with van der Waals surface area (Å²) < 4.78 is 22.2. The minimum absolute atomic E-state index is 0.102. The Hall–Kier alpha value is -2.89. The third-order valence-electron chi connectivity index (χ3n) is 4.07. The first-order valence-corrected chi connectivity index (χ1v) is 8.13. The van der Waals surface area contributed by atoms with Crippen molar-refractivity contribution in [3.63, 3.8) is 0 Å². The molecule has 0 radical (unpaired) electrons. The van der Waals surface area contributed by atoms with Crippen molar-refractivity contribution in [2.75, 3.05) is 18.7 Å². The Morgan fingerprint density at radius 1 is 1.20 bits per heavy atom. The van der Waals surface area contributed by atoms with Gasteiger partial charge in [0.1, 0.15) is 5.60 Å². The highest BCUT2D eigenvalue weighted by Crippen LogP contribution is 2.41. The van der Waals surface area contributed by atoms with Crippen LogP contribution in [0.1, 0.15) is 19.4 Å². The van der Waals surface area contributed by atoms with Gasteiger partial charge >= 0.3 is 0 Å². The lowest BCUT2D eigenvalue weighted by atomic mass is 10.0. The average Bonchev–Trinajstić information content (AvgIpc) is 3.14. The molecule has 0 saturated carbocycles. The molecule has 2 aromatic rings. The van der Waals surface area contributed by atoms with Gasteiger partial charge in [0.25, 0.3) is 5.91 Å². The Balaban J connectivity index is 1.39. The number of rotatable bonds is 4. The highest BCUT2D eigenvalue weighted by atomic mass is 16.7. The molecular weight excluding hydrogens is 322 g/mol. The smallest absolute Gasteiger partial charge is 0.262 e. The predicted octanol–water partition coefficient (Wildman–Crippen LogP) is 3.15. The number of hydrogen-bond acceptors (Lipinski definition) is 5. The molecule has 2 aliphatic heterocycles. The molecular formula is C19H19NO5. The minimum atomic E-state index is -0.256. The molecule has 6 heteroatoms. The van der Waals surface area contributed by atoms with Crippen LogP contribution in [0.15, 0.2) is 36.4 Å². The van der Waals surface area contributed by atoms with Gasteiger partial charge in [0.15, 0.2) is 29.6 Å². The van der Waals surface area contributed by atoms with Crippen LogP contribution >= 0.6 is 0 Å². The van der Waals surface area contributed by atoms with Crippen molar-refractivity contribution in [3.05, 3.63) is 42.0 Å². The number of benzene rings is 2. The summed E-state index contributed by atoms with van der Waals surface area (Å²) in [5.41, 5.74) is 1.48. The highest BCUT2D eigenvalue weighted by molar-refractivity contribution is 5.92. The third kappa shape index (κ3) is 3.20. The maximum Gasteiger partial charge on any atom is 0.262 e. The number of carbonyl (C=O) groups excluding carboxylic acids is 1. The Kier molecular flexibility index (Phi) is 3.67. The van der Waals surface area contributed by atoms with Gasteiger partial charge in [-0.15, -0.1) is 0 Å². The molecule has 0 bridgehead atoms. The SMILES string of the molecule is CC1(C)Cc2cccc(OCC(=O)Nc3ccc4c(c3)OCO4)c2O1. The van der Waals surface area contributed by atoms with Gasteiger partial charge < -0.3 is 24.3 Å². The van der Waals surface area contributed by atoms with Gasteiger partial charge in [-0.1, -0.05) is 12.1 Å². The summed E-state index contributed by atoms with van der Waals surface area (Å²) in [7, 11) is 0. The standard InChI is InChI=1S/C19H19NO5/c1-19(2)9-12-4-3-5-15(18(12)25-19)22-10-17(21)20-13-6-7-14-16(8-13)24-11-23-14/h3-8H,9-11H2,1-2H3,(H,20,21). The van der Waals surface area contributed by atoms with Crippen LogP contribution in [0.4, 0.5) is 5.69 Å². The second kappa shape index (κ2) is 5.88. The molecule has 4 rings (SSSR count). The Labute approximate surface area is 145 Å². The summed E-state index contributed by atoms with van der Waals surface area (Å²) in [6.45, 7) is 4.16. The molecule has 130 valence electrons. The van der Waals surface area contributed by atoms with Gasteiger partial charge in [-0.25, -0.2) is 0 Å². The van der Waals surface area contributed by atoms with E-state index in [1.165, 1.54) is 0 Å². The van der Waals surface area contributed by atoms with Crippen molar-refractivity contribution in [1.82, 2.24) is 0 Å². The van der Waals surface area contributed by atoms with Crippen molar-refractivity contribution < 1.29 is 23.7 Å². The molecule has 0 aromatic heterocycles. The first-order chi connectivity index (χ1) is 12.0. The molecule has 0 spiro atoms. The van der Waals surface area contributed by atoms with E-state index in [9.17, 15) is 4.79 Å². The van der Waals surface area contributed by atoms with Crippen LogP contribution in [0, 0.1) is 0 Å². The summed E-state index contributed by atoms with van der Waals surface area (Å²) in [4.78, 5) is 12.2. The Bertz CT molecular complexity index is 831. The van der Waals surface area contributed by atoms with Gasteiger partial charge in [-0.2, -0.15) is 0 Å². The van der Waals surface area contributed by atoms with E-state index in [1.807, 2.05) is 32.0 Å². The van der Waals surface area contributed by atoms with Crippen LogP contribution < -0.4 is 24.3 Å². The fraction of sp³-hybridized carbons (Fsp3) is 0.316. The van der Waals surface area contributed by atoms with E-state index >= 15 is 0 Å². The second-order valence-electron chi connectivity index (χ2n) is 6.69. The first-order valence-electron chi connectivity index (χ1n) is 8.13. The number of carbonyl (C=O) groups is 1. The number of anilines is 1. The zero-order valence-corrected chi connectivity index (χ0v) is 14.1. The number of ether oxygens (including phenoxy) is 4. The van der Waals surface area contributed by atoms with Gasteiger partial charge in [-0.3, -0.25) is 4.79 Å². The summed E-state index contributed by atoms with van der Waals surface area (Å²) >= 11 is 0. The fourth-order valence-electron chi connectivity index (χ4n) is 3.02. The minimum Gasteiger partial charge on any atom is -0.483 e. The molecule has 25 heavy (non-hydrogen) atoms. The summed E-state index contributed by atoms with van der Waals surface area (Å²) in [5.74, 6) is 2.35. The highest BCUT2D eigenvalue weighted by Gasteiger charge is 2.32. The molecule has 0 unspecified atom stereocenters. The number of para-hydroxylation sites is 1. The van der Waals surface area contributed by atoms with Gasteiger partial charge in [0.2, 0.25) is 6.79 Å². The van der Waals surface area contributed by atoms with Crippen molar-refractivity contribution in [1.29, 1.82) is 0 Å². The van der Waals surface area contributed by atoms with Crippen LogP contribution in [-0.4, -0.2) is 24.9 Å². The molecule has 2 aromatic carbocycles. The summed E-state index contributed by atoms with van der Waals surface area (Å²) in [6, 6.07) is 11.0. The van der Waals surface area contributed by atoms with Crippen LogP contribution in [0.5, 0.6) is 23.0 Å². The quantitative estimate of drug-likeness (QED) is 0.925. The van der Waals surface area contributed by atoms with Gasteiger partial charge in [0, 0.05) is 23.7 Å². The zero-order chi connectivity index (χ0) is 17.4. The van der Waals surface area contributed by atoms with Crippen molar-refractivity contribution in [3.8, 4) is 23.0 Å². The topological polar surface area (TPSA) is 66.0 Å².